The molecule has 5 atom stereocenters. The first-order valence-corrected chi connectivity index (χ1v) is 18.9. The molecule has 0 saturated heterocycles. The molecule has 0 radical (unpaired) electrons. The number of hydrogen-bond donors (Lipinski definition) is 1. The van der Waals surface area contributed by atoms with E-state index in [1.807, 2.05) is 6.08 Å². The molecular formula is C27H54O4Si2. The number of rotatable bonds is 12. The van der Waals surface area contributed by atoms with E-state index in [2.05, 4.69) is 80.7 Å². The van der Waals surface area contributed by atoms with Crippen LogP contribution in [0.5, 0.6) is 0 Å². The van der Waals surface area contributed by atoms with Crippen molar-refractivity contribution in [1.29, 1.82) is 0 Å². The minimum absolute atomic E-state index is 0.0118. The number of hydrogen-bond acceptors (Lipinski definition) is 4. The van der Waals surface area contributed by atoms with Crippen molar-refractivity contribution in [3.05, 3.63) is 12.2 Å². The van der Waals surface area contributed by atoms with Crippen LogP contribution in [-0.2, 0) is 13.6 Å². The zero-order valence-corrected chi connectivity index (χ0v) is 25.5. The van der Waals surface area contributed by atoms with Crippen molar-refractivity contribution < 1.29 is 18.8 Å². The number of unbranched alkanes of at least 4 members (excludes halogenated alkanes) is 2. The van der Waals surface area contributed by atoms with Gasteiger partial charge in [-0.2, -0.15) is 0 Å². The maximum atomic E-state index is 11.7. The van der Waals surface area contributed by atoms with E-state index in [-0.39, 0.29) is 34.1 Å². The first-order valence-electron chi connectivity index (χ1n) is 13.1. The first kappa shape index (κ1) is 30.8. The molecule has 1 fully saturated rings. The van der Waals surface area contributed by atoms with Gasteiger partial charge in [0.2, 0.25) is 0 Å². The number of carbonyl (C=O) groups is 1. The molecule has 0 aromatic rings. The molecule has 0 aromatic heterocycles. The summed E-state index contributed by atoms with van der Waals surface area (Å²) in [5.74, 6) is 0.172. The van der Waals surface area contributed by atoms with Crippen LogP contribution in [0.15, 0.2) is 12.2 Å². The Morgan fingerprint density at radius 2 is 1.45 bits per heavy atom. The molecule has 0 amide bonds. The van der Waals surface area contributed by atoms with Gasteiger partial charge in [0.05, 0.1) is 18.3 Å². The molecule has 0 aromatic carbocycles. The van der Waals surface area contributed by atoms with Gasteiger partial charge in [0.15, 0.2) is 16.6 Å². The van der Waals surface area contributed by atoms with E-state index in [4.69, 9.17) is 8.85 Å². The highest BCUT2D eigenvalue weighted by Gasteiger charge is 2.50. The average molecular weight is 499 g/mol. The third-order valence-corrected chi connectivity index (χ3v) is 17.4. The summed E-state index contributed by atoms with van der Waals surface area (Å²) in [5, 5.41) is 10.8. The number of aliphatic hydroxyl groups is 1. The highest BCUT2D eigenvalue weighted by Crippen LogP contribution is 2.47. The molecule has 33 heavy (non-hydrogen) atoms. The molecule has 0 spiro atoms. The Morgan fingerprint density at radius 1 is 0.939 bits per heavy atom. The summed E-state index contributed by atoms with van der Waals surface area (Å²) in [7, 11) is -4.00. The van der Waals surface area contributed by atoms with Crippen molar-refractivity contribution >= 4 is 22.9 Å². The Bertz CT molecular complexity index is 631. The molecule has 4 nitrogen and oxygen atoms in total. The predicted molar refractivity (Wildman–Crippen MR) is 146 cm³/mol. The summed E-state index contributed by atoms with van der Waals surface area (Å²) in [4.78, 5) is 11.7. The van der Waals surface area contributed by atoms with Gasteiger partial charge in [-0.05, 0) is 55.0 Å². The van der Waals surface area contributed by atoms with Crippen molar-refractivity contribution in [1.82, 2.24) is 0 Å². The van der Waals surface area contributed by atoms with Crippen LogP contribution in [-0.4, -0.2) is 46.3 Å². The predicted octanol–water partition coefficient (Wildman–Crippen LogP) is 7.49. The van der Waals surface area contributed by atoms with Crippen LogP contribution < -0.4 is 0 Å². The lowest BCUT2D eigenvalue weighted by Gasteiger charge is -2.40. The molecular weight excluding hydrogens is 444 g/mol. The molecule has 6 heteroatoms. The topological polar surface area (TPSA) is 55.8 Å². The summed E-state index contributed by atoms with van der Waals surface area (Å²) in [6.45, 7) is 24.9. The van der Waals surface area contributed by atoms with Gasteiger partial charge < -0.3 is 18.8 Å². The van der Waals surface area contributed by atoms with Crippen LogP contribution >= 0.6 is 0 Å². The van der Waals surface area contributed by atoms with E-state index < -0.39 is 22.7 Å². The summed E-state index contributed by atoms with van der Waals surface area (Å²) < 4.78 is 13.8. The highest BCUT2D eigenvalue weighted by atomic mass is 28.4. The Balaban J connectivity index is 3.24. The minimum Gasteiger partial charge on any atom is -0.414 e. The van der Waals surface area contributed by atoms with Crippen LogP contribution in [0.3, 0.4) is 0 Å². The number of aliphatic hydroxyl groups excluding tert-OH is 1. The Morgan fingerprint density at radius 3 is 1.91 bits per heavy atom. The van der Waals surface area contributed by atoms with Crippen molar-refractivity contribution in [2.75, 3.05) is 0 Å². The summed E-state index contributed by atoms with van der Waals surface area (Å²) in [6.07, 6.45) is 10.1. The van der Waals surface area contributed by atoms with Gasteiger partial charge in [0.25, 0.3) is 0 Å². The van der Waals surface area contributed by atoms with E-state index in [0.717, 1.165) is 38.4 Å². The van der Waals surface area contributed by atoms with Gasteiger partial charge in [-0.1, -0.05) is 79.9 Å². The summed E-state index contributed by atoms with van der Waals surface area (Å²) in [5.41, 5.74) is 0. The highest BCUT2D eigenvalue weighted by molar-refractivity contribution is 6.74. The fourth-order valence-electron chi connectivity index (χ4n) is 4.10. The second-order valence-corrected chi connectivity index (χ2v) is 22.7. The van der Waals surface area contributed by atoms with Crippen molar-refractivity contribution in [2.24, 2.45) is 11.8 Å². The van der Waals surface area contributed by atoms with Gasteiger partial charge in [-0.15, -0.1) is 0 Å². The molecule has 0 heterocycles. The van der Waals surface area contributed by atoms with Gasteiger partial charge in [0.1, 0.15) is 6.29 Å². The zero-order valence-electron chi connectivity index (χ0n) is 23.5. The number of aldehydes is 1. The zero-order chi connectivity index (χ0) is 25.7. The molecule has 0 bridgehead atoms. The maximum absolute atomic E-state index is 11.7. The van der Waals surface area contributed by atoms with E-state index in [0.29, 0.717) is 6.42 Å². The summed E-state index contributed by atoms with van der Waals surface area (Å²) >= 11 is 0. The molecule has 1 rings (SSSR count). The third kappa shape index (κ3) is 8.71. The first-order chi connectivity index (χ1) is 15.0. The van der Waals surface area contributed by atoms with Gasteiger partial charge in [-0.3, -0.25) is 0 Å². The second kappa shape index (κ2) is 12.1. The third-order valence-electron chi connectivity index (χ3n) is 8.40. The Labute approximate surface area is 207 Å². The lowest BCUT2D eigenvalue weighted by Crippen LogP contribution is -2.45. The second-order valence-electron chi connectivity index (χ2n) is 13.2. The molecule has 1 saturated carbocycles. The van der Waals surface area contributed by atoms with E-state index >= 15 is 0 Å². The Kier molecular flexibility index (Phi) is 11.3. The molecule has 1 aliphatic carbocycles. The normalized spacial score (nSPS) is 26.2. The van der Waals surface area contributed by atoms with Crippen LogP contribution in [0.1, 0.15) is 87.0 Å². The fourth-order valence-corrected chi connectivity index (χ4v) is 6.85. The largest absolute Gasteiger partial charge is 0.414 e. The van der Waals surface area contributed by atoms with Crippen molar-refractivity contribution in [3.8, 4) is 0 Å². The van der Waals surface area contributed by atoms with Crippen LogP contribution in [0.4, 0.5) is 0 Å². The van der Waals surface area contributed by atoms with Crippen LogP contribution in [0, 0.1) is 11.8 Å². The van der Waals surface area contributed by atoms with Crippen molar-refractivity contribution in [2.45, 2.75) is 142 Å². The Hall–Kier alpha value is -0.276. The molecule has 2 unspecified atom stereocenters. The van der Waals surface area contributed by atoms with E-state index in [9.17, 15) is 9.90 Å². The number of carbonyl (C=O) groups excluding carboxylic acids is 1. The van der Waals surface area contributed by atoms with Gasteiger partial charge >= 0.3 is 0 Å². The maximum Gasteiger partial charge on any atom is 0.192 e. The van der Waals surface area contributed by atoms with Gasteiger partial charge in [0, 0.05) is 12.3 Å². The van der Waals surface area contributed by atoms with Crippen LogP contribution in [0.25, 0.3) is 0 Å². The van der Waals surface area contributed by atoms with Crippen molar-refractivity contribution in [3.63, 3.8) is 0 Å². The van der Waals surface area contributed by atoms with Crippen LogP contribution in [0.2, 0.25) is 36.3 Å². The molecule has 194 valence electrons. The standard InChI is InChI=1S/C27H54O4Si2/c1-12-13-14-15-21(29)16-17-22-23(18-19-28)25(31-33(10,11)27(5,6)7)20-24(22)30-32(8,9)26(2,3)4/h16-17,19,21-25,29H,12-15,18,20H2,1-11H3/b17-16+/t21-,22?,23?,24-,25+/m0/s1. The molecule has 0 aliphatic heterocycles. The lowest BCUT2D eigenvalue weighted by atomic mass is 9.90. The molecule has 1 aliphatic rings. The fraction of sp³-hybridized carbons (Fsp3) is 0.889. The molecule has 1 N–H and O–H groups in total. The average Bonchev–Trinajstić information content (AvgIpc) is 2.93. The van der Waals surface area contributed by atoms with E-state index in [1.54, 1.807) is 0 Å². The summed E-state index contributed by atoms with van der Waals surface area (Å²) in [6, 6.07) is 0. The SMILES string of the molecule is CCCCC[C@H](O)/C=C/C1C(CC=O)[C@H](O[Si](C)(C)C(C)(C)C)C[C@@H]1O[Si](C)(C)C(C)(C)C. The monoisotopic (exact) mass is 498 g/mol. The quantitative estimate of drug-likeness (QED) is 0.131. The minimum atomic E-state index is -2.00. The van der Waals surface area contributed by atoms with E-state index in [1.165, 1.54) is 0 Å². The lowest BCUT2D eigenvalue weighted by molar-refractivity contribution is -0.109. The smallest absolute Gasteiger partial charge is 0.192 e. The van der Waals surface area contributed by atoms with Gasteiger partial charge in [-0.25, -0.2) is 0 Å².